The third-order valence-corrected chi connectivity index (χ3v) is 4.48. The first-order chi connectivity index (χ1) is 10.9. The number of carbonyl (C=O) groups is 2. The number of carboxylic acid groups (broad SMARTS) is 1. The molecule has 23 heavy (non-hydrogen) atoms. The van der Waals surface area contributed by atoms with Crippen molar-refractivity contribution >= 4 is 23.5 Å². The number of benzene rings is 1. The predicted octanol–water partition coefficient (Wildman–Crippen LogP) is 2.61. The van der Waals surface area contributed by atoms with Gasteiger partial charge in [-0.15, -0.1) is 0 Å². The van der Waals surface area contributed by atoms with Crippen LogP contribution in [0.3, 0.4) is 0 Å². The van der Waals surface area contributed by atoms with Crippen LogP contribution in [0, 0.1) is 0 Å². The second kappa shape index (κ2) is 5.70. The van der Waals surface area contributed by atoms with Crippen molar-refractivity contribution in [1.82, 2.24) is 14.7 Å². The summed E-state index contributed by atoms with van der Waals surface area (Å²) in [4.78, 5) is 25.6. The Morgan fingerprint density at radius 1 is 1.39 bits per heavy atom. The Bertz CT molecular complexity index is 773. The van der Waals surface area contributed by atoms with Crippen LogP contribution in [0.15, 0.2) is 36.7 Å². The number of carbonyl (C=O) groups excluding carboxylic acids is 1. The van der Waals surface area contributed by atoms with Gasteiger partial charge in [-0.05, 0) is 38.0 Å². The average Bonchev–Trinajstić information content (AvgIpc) is 3.14. The minimum Gasteiger partial charge on any atom is -0.480 e. The Kier molecular flexibility index (Phi) is 3.85. The van der Waals surface area contributed by atoms with Crippen LogP contribution in [-0.4, -0.2) is 43.7 Å². The smallest absolute Gasteiger partial charge is 0.329 e. The first-order valence-electron chi connectivity index (χ1n) is 7.28. The second-order valence-electron chi connectivity index (χ2n) is 5.79. The predicted molar refractivity (Wildman–Crippen MR) is 84.9 cm³/mol. The van der Waals surface area contributed by atoms with Gasteiger partial charge in [-0.3, -0.25) is 4.79 Å². The molecule has 2 heterocycles. The van der Waals surface area contributed by atoms with Crippen LogP contribution in [-0.2, 0) is 4.79 Å². The molecule has 7 heteroatoms. The lowest BCUT2D eigenvalue weighted by atomic mass is 9.99. The van der Waals surface area contributed by atoms with Crippen molar-refractivity contribution in [3.8, 4) is 5.69 Å². The molecule has 6 nitrogen and oxygen atoms in total. The summed E-state index contributed by atoms with van der Waals surface area (Å²) in [6.07, 6.45) is 4.17. The summed E-state index contributed by atoms with van der Waals surface area (Å²) < 4.78 is 1.55. The third-order valence-electron chi connectivity index (χ3n) is 4.25. The van der Waals surface area contributed by atoms with Crippen LogP contribution >= 0.6 is 11.6 Å². The number of hydrogen-bond acceptors (Lipinski definition) is 3. The fourth-order valence-electron chi connectivity index (χ4n) is 2.86. The summed E-state index contributed by atoms with van der Waals surface area (Å²) >= 11 is 5.96. The molecule has 1 aromatic carbocycles. The van der Waals surface area contributed by atoms with Crippen LogP contribution < -0.4 is 0 Å². The molecule has 1 fully saturated rings. The van der Waals surface area contributed by atoms with E-state index in [9.17, 15) is 14.7 Å². The number of rotatable bonds is 3. The van der Waals surface area contributed by atoms with Gasteiger partial charge in [-0.2, -0.15) is 5.10 Å². The van der Waals surface area contributed by atoms with Gasteiger partial charge in [-0.1, -0.05) is 17.7 Å². The molecule has 1 atom stereocenters. The van der Waals surface area contributed by atoms with Crippen LogP contribution in [0.5, 0.6) is 0 Å². The summed E-state index contributed by atoms with van der Waals surface area (Å²) in [6.45, 7) is 2.02. The van der Waals surface area contributed by atoms with Crippen LogP contribution in [0.4, 0.5) is 0 Å². The quantitative estimate of drug-likeness (QED) is 0.936. The SMILES string of the molecule is CC1(C(=O)O)CCCN1C(=O)c1cnn(-c2cccc(Cl)c2)c1. The maximum Gasteiger partial charge on any atom is 0.329 e. The number of aliphatic carboxylic acids is 1. The van der Waals surface area contributed by atoms with Crippen LogP contribution in [0.2, 0.25) is 5.02 Å². The van der Waals surface area contributed by atoms with E-state index in [-0.39, 0.29) is 5.91 Å². The van der Waals surface area contributed by atoms with E-state index in [0.717, 1.165) is 5.69 Å². The standard InChI is InChI=1S/C16H16ClN3O3/c1-16(15(22)23)6-3-7-19(16)14(21)11-9-18-20(10-11)13-5-2-4-12(17)8-13/h2,4-5,8-10H,3,6-7H2,1H3,(H,22,23). The normalized spacial score (nSPS) is 20.7. The van der Waals surface area contributed by atoms with Crippen molar-refractivity contribution < 1.29 is 14.7 Å². The van der Waals surface area contributed by atoms with Gasteiger partial charge in [0.2, 0.25) is 0 Å². The van der Waals surface area contributed by atoms with Crippen LogP contribution in [0.1, 0.15) is 30.1 Å². The van der Waals surface area contributed by atoms with E-state index < -0.39 is 11.5 Å². The molecule has 0 spiro atoms. The number of amides is 1. The molecule has 0 aliphatic carbocycles. The van der Waals surface area contributed by atoms with E-state index in [1.54, 1.807) is 36.0 Å². The zero-order chi connectivity index (χ0) is 16.6. The Balaban J connectivity index is 1.88. The fraction of sp³-hybridized carbons (Fsp3) is 0.312. The van der Waals surface area contributed by atoms with Gasteiger partial charge in [0.05, 0.1) is 17.4 Å². The summed E-state index contributed by atoms with van der Waals surface area (Å²) in [7, 11) is 0. The summed E-state index contributed by atoms with van der Waals surface area (Å²) in [5, 5.41) is 14.2. The highest BCUT2D eigenvalue weighted by Crippen LogP contribution is 2.30. The van der Waals surface area contributed by atoms with Crippen molar-refractivity contribution in [2.45, 2.75) is 25.3 Å². The molecule has 1 saturated heterocycles. The number of aromatic nitrogens is 2. The minimum absolute atomic E-state index is 0.319. The number of hydrogen-bond donors (Lipinski definition) is 1. The van der Waals surface area contributed by atoms with Gasteiger partial charge in [0.25, 0.3) is 5.91 Å². The molecule has 1 aliphatic heterocycles. The van der Waals surface area contributed by atoms with Gasteiger partial charge < -0.3 is 10.0 Å². The van der Waals surface area contributed by atoms with E-state index in [0.29, 0.717) is 30.0 Å². The molecule has 0 radical (unpaired) electrons. The van der Waals surface area contributed by atoms with Crippen molar-refractivity contribution in [3.63, 3.8) is 0 Å². The van der Waals surface area contributed by atoms with E-state index in [4.69, 9.17) is 11.6 Å². The molecule has 1 aliphatic rings. The third kappa shape index (κ3) is 2.70. The van der Waals surface area contributed by atoms with E-state index in [1.807, 2.05) is 6.07 Å². The number of likely N-dealkylation sites (tertiary alicyclic amines) is 1. The molecular weight excluding hydrogens is 318 g/mol. The zero-order valence-electron chi connectivity index (χ0n) is 12.6. The van der Waals surface area contributed by atoms with Gasteiger partial charge in [-0.25, -0.2) is 9.48 Å². The van der Waals surface area contributed by atoms with Gasteiger partial charge in [0.1, 0.15) is 5.54 Å². The Hall–Kier alpha value is -2.34. The first-order valence-corrected chi connectivity index (χ1v) is 7.65. The molecule has 3 rings (SSSR count). The van der Waals surface area contributed by atoms with E-state index in [1.165, 1.54) is 11.1 Å². The minimum atomic E-state index is -1.16. The lowest BCUT2D eigenvalue weighted by Crippen LogP contribution is -2.50. The van der Waals surface area contributed by atoms with Crippen molar-refractivity contribution in [2.75, 3.05) is 6.54 Å². The zero-order valence-corrected chi connectivity index (χ0v) is 13.3. The van der Waals surface area contributed by atoms with Gasteiger partial charge >= 0.3 is 5.97 Å². The van der Waals surface area contributed by atoms with Crippen molar-refractivity contribution in [3.05, 3.63) is 47.2 Å². The summed E-state index contributed by atoms with van der Waals surface area (Å²) in [5.41, 5.74) is -0.0618. The molecule has 120 valence electrons. The molecule has 2 aromatic rings. The maximum atomic E-state index is 12.7. The molecule has 0 bridgehead atoms. The fourth-order valence-corrected chi connectivity index (χ4v) is 3.04. The molecule has 1 N–H and O–H groups in total. The topological polar surface area (TPSA) is 75.4 Å². The monoisotopic (exact) mass is 333 g/mol. The summed E-state index contributed by atoms with van der Waals surface area (Å²) in [5.74, 6) is -1.30. The van der Waals surface area contributed by atoms with Gasteiger partial charge in [0.15, 0.2) is 0 Å². The highest BCUT2D eigenvalue weighted by Gasteiger charge is 2.46. The van der Waals surface area contributed by atoms with Crippen molar-refractivity contribution in [1.29, 1.82) is 0 Å². The maximum absolute atomic E-state index is 12.7. The second-order valence-corrected chi connectivity index (χ2v) is 6.23. The lowest BCUT2D eigenvalue weighted by Gasteiger charge is -2.30. The van der Waals surface area contributed by atoms with Crippen molar-refractivity contribution in [2.24, 2.45) is 0 Å². The van der Waals surface area contributed by atoms with E-state index in [2.05, 4.69) is 5.10 Å². The average molecular weight is 334 g/mol. The number of nitrogens with zero attached hydrogens (tertiary/aromatic N) is 3. The Morgan fingerprint density at radius 3 is 2.87 bits per heavy atom. The Labute approximate surface area is 138 Å². The largest absolute Gasteiger partial charge is 0.480 e. The van der Waals surface area contributed by atoms with Crippen LogP contribution in [0.25, 0.3) is 5.69 Å². The molecule has 1 amide bonds. The number of halogens is 1. The Morgan fingerprint density at radius 2 is 2.17 bits per heavy atom. The molecule has 1 aromatic heterocycles. The van der Waals surface area contributed by atoms with E-state index >= 15 is 0 Å². The highest BCUT2D eigenvalue weighted by atomic mass is 35.5. The summed E-state index contributed by atoms with van der Waals surface area (Å²) in [6, 6.07) is 7.11. The molecule has 0 saturated carbocycles. The lowest BCUT2D eigenvalue weighted by molar-refractivity contribution is -0.147. The molecular formula is C16H16ClN3O3. The first kappa shape index (κ1) is 15.6. The highest BCUT2D eigenvalue weighted by molar-refractivity contribution is 6.30. The number of carboxylic acids is 1. The van der Waals surface area contributed by atoms with Gasteiger partial charge in [0, 0.05) is 17.8 Å². The molecule has 1 unspecified atom stereocenters.